The van der Waals surface area contributed by atoms with Gasteiger partial charge >= 0.3 is 0 Å². The van der Waals surface area contributed by atoms with Crippen molar-refractivity contribution in [2.45, 2.75) is 0 Å². The monoisotopic (exact) mass is 704 g/mol. The van der Waals surface area contributed by atoms with E-state index < -0.39 is 0 Å². The molecule has 1 heterocycles. The van der Waals surface area contributed by atoms with E-state index in [1.54, 1.807) is 0 Å². The summed E-state index contributed by atoms with van der Waals surface area (Å²) < 4.78 is 7.15. The van der Waals surface area contributed by atoms with Crippen molar-refractivity contribution < 1.29 is 4.74 Å². The van der Waals surface area contributed by atoms with E-state index in [1.807, 2.05) is 0 Å². The number of para-hydroxylation sites is 3. The number of fused-ring (bicyclic) bond motifs is 2. The van der Waals surface area contributed by atoms with Crippen molar-refractivity contribution in [1.29, 1.82) is 0 Å². The Labute approximate surface area is 321 Å². The van der Waals surface area contributed by atoms with Gasteiger partial charge in [-0.2, -0.15) is 0 Å². The molecule has 0 bridgehead atoms. The fourth-order valence-electron chi connectivity index (χ4n) is 7.83. The molecule has 55 heavy (non-hydrogen) atoms. The number of rotatable bonds is 8. The number of anilines is 6. The van der Waals surface area contributed by atoms with Crippen molar-refractivity contribution in [3.05, 3.63) is 218 Å². The summed E-state index contributed by atoms with van der Waals surface area (Å²) in [7, 11) is 0. The lowest BCUT2D eigenvalue weighted by Crippen LogP contribution is -2.13. The van der Waals surface area contributed by atoms with Crippen molar-refractivity contribution >= 4 is 44.9 Å². The van der Waals surface area contributed by atoms with Crippen LogP contribution in [0, 0.1) is 0 Å². The van der Waals surface area contributed by atoms with Crippen LogP contribution in [-0.2, 0) is 0 Å². The summed E-state index contributed by atoms with van der Waals surface area (Å²) in [5.41, 5.74) is 13.2. The molecule has 3 nitrogen and oxygen atoms in total. The SMILES string of the molecule is c1ccc(-c2ccc(N(c3ccc(-c4ccccc4)cc3)c3cc4c5c(cccc5c3)-c3cccc(N(c5ccccc5)c5ccccc5)c3O4)cc2)cc1. The van der Waals surface area contributed by atoms with Crippen LogP contribution in [0.3, 0.4) is 0 Å². The molecular formula is C52H36N2O. The molecule has 0 spiro atoms. The van der Waals surface area contributed by atoms with Crippen LogP contribution in [0.5, 0.6) is 11.5 Å². The van der Waals surface area contributed by atoms with E-state index in [0.29, 0.717) is 0 Å². The van der Waals surface area contributed by atoms with E-state index in [9.17, 15) is 0 Å². The van der Waals surface area contributed by atoms with Gasteiger partial charge in [-0.3, -0.25) is 0 Å². The van der Waals surface area contributed by atoms with Crippen LogP contribution in [0.2, 0.25) is 0 Å². The van der Waals surface area contributed by atoms with Crippen molar-refractivity contribution in [2.75, 3.05) is 9.80 Å². The second-order valence-electron chi connectivity index (χ2n) is 13.8. The van der Waals surface area contributed by atoms with Crippen LogP contribution in [0.15, 0.2) is 218 Å². The first-order valence-electron chi connectivity index (χ1n) is 18.7. The first-order valence-corrected chi connectivity index (χ1v) is 18.7. The van der Waals surface area contributed by atoms with E-state index in [4.69, 9.17) is 4.74 Å². The molecule has 0 unspecified atom stereocenters. The third-order valence-electron chi connectivity index (χ3n) is 10.4. The summed E-state index contributed by atoms with van der Waals surface area (Å²) in [5, 5.41) is 2.23. The molecule has 1 aliphatic heterocycles. The number of benzene rings is 9. The number of nitrogens with zero attached hydrogens (tertiary/aromatic N) is 2. The van der Waals surface area contributed by atoms with Crippen molar-refractivity contribution in [3.63, 3.8) is 0 Å². The molecule has 0 saturated carbocycles. The van der Waals surface area contributed by atoms with Crippen molar-refractivity contribution in [1.82, 2.24) is 0 Å². The van der Waals surface area contributed by atoms with Gasteiger partial charge in [0.1, 0.15) is 5.75 Å². The minimum atomic E-state index is 0.830. The van der Waals surface area contributed by atoms with Gasteiger partial charge in [0, 0.05) is 39.8 Å². The summed E-state index contributed by atoms with van der Waals surface area (Å²) in [4.78, 5) is 4.61. The van der Waals surface area contributed by atoms with E-state index in [-0.39, 0.29) is 0 Å². The van der Waals surface area contributed by atoms with Gasteiger partial charge in [-0.15, -0.1) is 0 Å². The van der Waals surface area contributed by atoms with Gasteiger partial charge in [0.15, 0.2) is 5.75 Å². The molecule has 0 aliphatic carbocycles. The number of hydrogen-bond donors (Lipinski definition) is 0. The Hall–Kier alpha value is -7.36. The summed E-state index contributed by atoms with van der Waals surface area (Å²) in [6.07, 6.45) is 0. The van der Waals surface area contributed by atoms with Crippen LogP contribution in [-0.4, -0.2) is 0 Å². The Morgan fingerprint density at radius 3 is 1.31 bits per heavy atom. The summed E-state index contributed by atoms with van der Waals surface area (Å²) in [6.45, 7) is 0. The average molecular weight is 705 g/mol. The zero-order chi connectivity index (χ0) is 36.6. The molecule has 1 aliphatic rings. The smallest absolute Gasteiger partial charge is 0.159 e. The fourth-order valence-corrected chi connectivity index (χ4v) is 7.83. The van der Waals surface area contributed by atoms with Gasteiger partial charge in [-0.25, -0.2) is 0 Å². The molecule has 0 saturated heterocycles. The molecule has 0 fully saturated rings. The maximum Gasteiger partial charge on any atom is 0.159 e. The minimum absolute atomic E-state index is 0.830. The molecule has 0 aromatic heterocycles. The molecule has 0 atom stereocenters. The lowest BCUT2D eigenvalue weighted by molar-refractivity contribution is 0.488. The first-order chi connectivity index (χ1) is 27.3. The molecule has 3 heteroatoms. The van der Waals surface area contributed by atoms with Gasteiger partial charge in [0.2, 0.25) is 0 Å². The highest BCUT2D eigenvalue weighted by Crippen LogP contribution is 2.54. The van der Waals surface area contributed by atoms with Crippen molar-refractivity contribution in [3.8, 4) is 44.9 Å². The Morgan fingerprint density at radius 2 is 0.764 bits per heavy atom. The van der Waals surface area contributed by atoms with Crippen LogP contribution in [0.1, 0.15) is 0 Å². The zero-order valence-electron chi connectivity index (χ0n) is 30.1. The van der Waals surface area contributed by atoms with Gasteiger partial charge in [0.25, 0.3) is 0 Å². The standard InChI is InChI=1S/C52H36N2O/c1-5-15-37(16-6-1)39-27-31-44(32-28-39)53(45-33-29-40(30-34-45)38-17-7-2-8-18-38)46-35-41-19-13-24-47-48-25-14-26-49(52(48)55-50(36-46)51(41)47)54(42-20-9-3-10-21-42)43-22-11-4-12-23-43/h1-36H. The zero-order valence-corrected chi connectivity index (χ0v) is 30.1. The predicted molar refractivity (Wildman–Crippen MR) is 230 cm³/mol. The molecule has 260 valence electrons. The predicted octanol–water partition coefficient (Wildman–Crippen LogP) is 14.9. The Bertz CT molecular complexity index is 2630. The molecule has 9 aromatic rings. The lowest BCUT2D eigenvalue weighted by atomic mass is 9.93. The first kappa shape index (κ1) is 32.3. The third-order valence-corrected chi connectivity index (χ3v) is 10.4. The van der Waals surface area contributed by atoms with Crippen molar-refractivity contribution in [2.24, 2.45) is 0 Å². The maximum atomic E-state index is 7.15. The molecule has 0 amide bonds. The highest BCUT2D eigenvalue weighted by Gasteiger charge is 2.27. The van der Waals surface area contributed by atoms with E-state index in [2.05, 4.69) is 228 Å². The molecule has 0 radical (unpaired) electrons. The second kappa shape index (κ2) is 13.9. The molecule has 10 rings (SSSR count). The molecular weight excluding hydrogens is 669 g/mol. The highest BCUT2D eigenvalue weighted by molar-refractivity contribution is 6.07. The molecule has 9 aromatic carbocycles. The fraction of sp³-hybridized carbons (Fsp3) is 0. The minimum Gasteiger partial charge on any atom is -0.454 e. The molecule has 0 N–H and O–H groups in total. The average Bonchev–Trinajstić information content (AvgIpc) is 3.26. The van der Waals surface area contributed by atoms with Gasteiger partial charge in [-0.1, -0.05) is 152 Å². The summed E-state index contributed by atoms with van der Waals surface area (Å²) in [6, 6.07) is 77.3. The van der Waals surface area contributed by atoms with E-state index in [0.717, 1.165) is 67.5 Å². The lowest BCUT2D eigenvalue weighted by Gasteiger charge is -2.32. The Morgan fingerprint density at radius 1 is 0.309 bits per heavy atom. The summed E-state index contributed by atoms with van der Waals surface area (Å²) >= 11 is 0. The quantitative estimate of drug-likeness (QED) is 0.157. The van der Waals surface area contributed by atoms with Crippen LogP contribution in [0.4, 0.5) is 34.1 Å². The van der Waals surface area contributed by atoms with Gasteiger partial charge < -0.3 is 14.5 Å². The van der Waals surface area contributed by atoms with Gasteiger partial charge in [0.05, 0.1) is 11.4 Å². The topological polar surface area (TPSA) is 15.7 Å². The third kappa shape index (κ3) is 5.98. The van der Waals surface area contributed by atoms with Gasteiger partial charge in [-0.05, 0) is 93.9 Å². The van der Waals surface area contributed by atoms with Crippen LogP contribution >= 0.6 is 0 Å². The maximum absolute atomic E-state index is 7.15. The number of hydrogen-bond acceptors (Lipinski definition) is 3. The van der Waals surface area contributed by atoms with E-state index >= 15 is 0 Å². The van der Waals surface area contributed by atoms with Crippen LogP contribution in [0.25, 0.3) is 44.2 Å². The van der Waals surface area contributed by atoms with Crippen LogP contribution < -0.4 is 14.5 Å². The largest absolute Gasteiger partial charge is 0.454 e. The summed E-state index contributed by atoms with van der Waals surface area (Å²) in [5.74, 6) is 1.66. The second-order valence-corrected chi connectivity index (χ2v) is 13.8. The van der Waals surface area contributed by atoms with E-state index in [1.165, 1.54) is 22.3 Å². The number of ether oxygens (including phenoxy) is 1. The normalized spacial score (nSPS) is 11.4. The Kier molecular flexibility index (Phi) is 8.16. The Balaban J connectivity index is 1.13. The highest BCUT2D eigenvalue weighted by atomic mass is 16.5.